The monoisotopic (exact) mass is 136 g/mol. The van der Waals surface area contributed by atoms with Crippen molar-refractivity contribution in [1.29, 1.82) is 10.5 Å². The van der Waals surface area contributed by atoms with Gasteiger partial charge in [-0.15, -0.1) is 0 Å². The fourth-order valence-electron chi connectivity index (χ4n) is 0.401. The van der Waals surface area contributed by atoms with Gasteiger partial charge >= 0.3 is 0 Å². The lowest BCUT2D eigenvalue weighted by molar-refractivity contribution is -0.122. The lowest BCUT2D eigenvalue weighted by Gasteiger charge is -2.11. The second-order valence-electron chi connectivity index (χ2n) is 2.33. The summed E-state index contributed by atoms with van der Waals surface area (Å²) in [5.41, 5.74) is -1.10. The van der Waals surface area contributed by atoms with E-state index in [1.807, 2.05) is 0 Å². The van der Waals surface area contributed by atoms with Gasteiger partial charge in [-0.2, -0.15) is 10.5 Å². The smallest absolute Gasteiger partial charge is 0.150 e. The predicted octanol–water partition coefficient (Wildman–Crippen LogP) is 1.02. The van der Waals surface area contributed by atoms with Crippen molar-refractivity contribution in [1.82, 2.24) is 0 Å². The zero-order valence-electron chi connectivity index (χ0n) is 6.01. The molecule has 1 atom stereocenters. The molecule has 0 aliphatic heterocycles. The molecule has 0 spiro atoms. The Kier molecular flexibility index (Phi) is 2.58. The number of carbonyl (C=O) groups is 1. The van der Waals surface area contributed by atoms with E-state index in [0.29, 0.717) is 0 Å². The minimum absolute atomic E-state index is 0.0289. The van der Waals surface area contributed by atoms with Gasteiger partial charge in [-0.3, -0.25) is 4.79 Å². The quantitative estimate of drug-likeness (QED) is 0.569. The van der Waals surface area contributed by atoms with Crippen LogP contribution >= 0.6 is 0 Å². The van der Waals surface area contributed by atoms with Crippen molar-refractivity contribution in [3.05, 3.63) is 0 Å². The lowest BCUT2D eigenvalue weighted by atomic mass is 9.85. The fourth-order valence-corrected chi connectivity index (χ4v) is 0.401. The third-order valence-electron chi connectivity index (χ3n) is 1.46. The highest BCUT2D eigenvalue weighted by molar-refractivity contribution is 5.84. The Bertz CT molecular complexity index is 221. The molecule has 1 unspecified atom stereocenters. The molecule has 0 aromatic carbocycles. The van der Waals surface area contributed by atoms with Crippen LogP contribution in [-0.2, 0) is 4.79 Å². The zero-order chi connectivity index (χ0) is 8.20. The Hall–Kier alpha value is -1.35. The second kappa shape index (κ2) is 2.98. The molecule has 0 rings (SSSR count). The van der Waals surface area contributed by atoms with Gasteiger partial charge in [0, 0.05) is 0 Å². The molecule has 0 heterocycles. The average Bonchev–Trinajstić information content (AvgIpc) is 1.88. The summed E-state index contributed by atoms with van der Waals surface area (Å²) in [6.45, 7) is 2.79. The van der Waals surface area contributed by atoms with Gasteiger partial charge < -0.3 is 0 Å². The Labute approximate surface area is 59.9 Å². The number of hydrogen-bond donors (Lipinski definition) is 0. The van der Waals surface area contributed by atoms with Crippen LogP contribution in [0.4, 0.5) is 0 Å². The Morgan fingerprint density at radius 1 is 1.60 bits per heavy atom. The average molecular weight is 136 g/mol. The third kappa shape index (κ3) is 1.56. The minimum atomic E-state index is -1.10. The molecule has 0 saturated carbocycles. The molecule has 10 heavy (non-hydrogen) atoms. The predicted molar refractivity (Wildman–Crippen MR) is 34.6 cm³/mol. The zero-order valence-corrected chi connectivity index (χ0v) is 6.01. The van der Waals surface area contributed by atoms with E-state index in [0.717, 1.165) is 0 Å². The lowest BCUT2D eigenvalue weighted by Crippen LogP contribution is -2.22. The molecule has 0 N–H and O–H groups in total. The van der Waals surface area contributed by atoms with Gasteiger partial charge in [0.1, 0.15) is 5.41 Å². The molecule has 0 radical (unpaired) electrons. The summed E-state index contributed by atoms with van der Waals surface area (Å²) >= 11 is 0. The van der Waals surface area contributed by atoms with Gasteiger partial charge in [-0.25, -0.2) is 0 Å². The normalized spacial score (nSPS) is 14.4. The van der Waals surface area contributed by atoms with Gasteiger partial charge in [-0.05, 0) is 13.8 Å². The van der Waals surface area contributed by atoms with E-state index < -0.39 is 5.41 Å². The van der Waals surface area contributed by atoms with Crippen LogP contribution in [0.15, 0.2) is 0 Å². The first-order chi connectivity index (χ1) is 4.56. The summed E-state index contributed by atoms with van der Waals surface area (Å²) in [5.74, 6) is -0.253. The van der Waals surface area contributed by atoms with Gasteiger partial charge in [0.15, 0.2) is 5.78 Å². The maximum Gasteiger partial charge on any atom is 0.150 e. The van der Waals surface area contributed by atoms with Crippen LogP contribution in [0.25, 0.3) is 0 Å². The van der Waals surface area contributed by atoms with Crippen LogP contribution in [0.2, 0.25) is 0 Å². The molecule has 0 amide bonds. The number of Topliss-reactive ketones (excluding diaryl/α,β-unsaturated/α-hetero) is 1. The van der Waals surface area contributed by atoms with E-state index in [2.05, 4.69) is 0 Å². The van der Waals surface area contributed by atoms with E-state index in [1.165, 1.54) is 13.8 Å². The van der Waals surface area contributed by atoms with Gasteiger partial charge in [0.25, 0.3) is 0 Å². The van der Waals surface area contributed by atoms with Crippen LogP contribution in [0.3, 0.4) is 0 Å². The van der Waals surface area contributed by atoms with Gasteiger partial charge in [-0.1, -0.05) is 0 Å². The second-order valence-corrected chi connectivity index (χ2v) is 2.33. The Morgan fingerprint density at radius 3 is 2.20 bits per heavy atom. The molecule has 0 aliphatic carbocycles. The first-order valence-electron chi connectivity index (χ1n) is 2.86. The van der Waals surface area contributed by atoms with E-state index >= 15 is 0 Å². The van der Waals surface area contributed by atoms with E-state index in [9.17, 15) is 4.79 Å². The summed E-state index contributed by atoms with van der Waals surface area (Å²) in [7, 11) is 0. The Balaban J connectivity index is 4.47. The summed E-state index contributed by atoms with van der Waals surface area (Å²) in [4.78, 5) is 10.7. The molecule has 0 fully saturated rings. The number of hydrogen-bond acceptors (Lipinski definition) is 3. The van der Waals surface area contributed by atoms with Gasteiger partial charge in [0.2, 0.25) is 0 Å². The molecular weight excluding hydrogens is 128 g/mol. The molecule has 0 aliphatic rings. The van der Waals surface area contributed by atoms with Crippen LogP contribution in [0.1, 0.15) is 20.3 Å². The number of nitriles is 2. The maximum atomic E-state index is 10.7. The standard InChI is InChI=1S/C7H8N2O/c1-6(10)7(2,5-9)3-4-8/h3H2,1-2H3. The van der Waals surface area contributed by atoms with Crippen LogP contribution in [-0.4, -0.2) is 5.78 Å². The van der Waals surface area contributed by atoms with Crippen molar-refractivity contribution in [2.24, 2.45) is 5.41 Å². The number of nitrogens with zero attached hydrogens (tertiary/aromatic N) is 2. The first-order valence-corrected chi connectivity index (χ1v) is 2.86. The van der Waals surface area contributed by atoms with Crippen molar-refractivity contribution in [3.63, 3.8) is 0 Å². The van der Waals surface area contributed by atoms with Crippen molar-refractivity contribution in [2.45, 2.75) is 20.3 Å². The van der Waals surface area contributed by atoms with Crippen LogP contribution < -0.4 is 0 Å². The largest absolute Gasteiger partial charge is 0.298 e. The first kappa shape index (κ1) is 8.65. The molecule has 52 valence electrons. The summed E-state index contributed by atoms with van der Waals surface area (Å²) in [6.07, 6.45) is -0.0289. The fraction of sp³-hybridized carbons (Fsp3) is 0.571. The van der Waals surface area contributed by atoms with Crippen LogP contribution in [0.5, 0.6) is 0 Å². The maximum absolute atomic E-state index is 10.7. The van der Waals surface area contributed by atoms with E-state index in [1.54, 1.807) is 12.1 Å². The van der Waals surface area contributed by atoms with E-state index in [-0.39, 0.29) is 12.2 Å². The summed E-state index contributed by atoms with van der Waals surface area (Å²) in [6, 6.07) is 3.60. The number of carbonyl (C=O) groups excluding carboxylic acids is 1. The molecule has 0 bridgehead atoms. The molecule has 0 saturated heterocycles. The minimum Gasteiger partial charge on any atom is -0.298 e. The summed E-state index contributed by atoms with van der Waals surface area (Å²) in [5, 5.41) is 16.7. The Morgan fingerprint density at radius 2 is 2.10 bits per heavy atom. The highest BCUT2D eigenvalue weighted by Gasteiger charge is 2.28. The topological polar surface area (TPSA) is 64.7 Å². The molecular formula is C7H8N2O. The van der Waals surface area contributed by atoms with Crippen molar-refractivity contribution in [3.8, 4) is 12.1 Å². The SMILES string of the molecule is CC(=O)C(C)(C#N)CC#N. The number of ketones is 1. The molecule has 0 aromatic heterocycles. The summed E-state index contributed by atoms with van der Waals surface area (Å²) < 4.78 is 0. The number of rotatable bonds is 2. The van der Waals surface area contributed by atoms with Crippen molar-refractivity contribution < 1.29 is 4.79 Å². The highest BCUT2D eigenvalue weighted by atomic mass is 16.1. The third-order valence-corrected chi connectivity index (χ3v) is 1.46. The van der Waals surface area contributed by atoms with Crippen LogP contribution in [0, 0.1) is 28.1 Å². The van der Waals surface area contributed by atoms with Crippen molar-refractivity contribution in [2.75, 3.05) is 0 Å². The molecule has 3 heteroatoms. The molecule has 0 aromatic rings. The molecule has 3 nitrogen and oxygen atoms in total. The highest BCUT2D eigenvalue weighted by Crippen LogP contribution is 2.19. The van der Waals surface area contributed by atoms with E-state index in [4.69, 9.17) is 10.5 Å². The van der Waals surface area contributed by atoms with Crippen molar-refractivity contribution >= 4 is 5.78 Å². The van der Waals surface area contributed by atoms with Gasteiger partial charge in [0.05, 0.1) is 18.6 Å².